The molecule has 0 bridgehead atoms. The lowest BCUT2D eigenvalue weighted by molar-refractivity contribution is 0.174. The first-order valence-electron chi connectivity index (χ1n) is 5.02. The average Bonchev–Trinajstić information content (AvgIpc) is 2.98. The van der Waals surface area contributed by atoms with E-state index in [0.29, 0.717) is 6.79 Å². The van der Waals surface area contributed by atoms with Crippen LogP contribution in [0.1, 0.15) is 17.2 Å². The van der Waals surface area contributed by atoms with Crippen LogP contribution in [0.2, 0.25) is 0 Å². The summed E-state index contributed by atoms with van der Waals surface area (Å²) in [5.41, 5.74) is 8.34. The van der Waals surface area contributed by atoms with E-state index in [9.17, 15) is 0 Å². The van der Waals surface area contributed by atoms with Gasteiger partial charge in [0.2, 0.25) is 6.79 Å². The van der Waals surface area contributed by atoms with Crippen molar-refractivity contribution >= 4 is 11.3 Å². The molecule has 2 heterocycles. The predicted octanol–water partition coefficient (Wildman–Crippen LogP) is 2.52. The van der Waals surface area contributed by atoms with Crippen molar-refractivity contribution in [2.75, 3.05) is 6.79 Å². The Hall–Kier alpha value is -1.52. The third kappa shape index (κ3) is 1.56. The van der Waals surface area contributed by atoms with Crippen LogP contribution in [0.5, 0.6) is 11.5 Å². The zero-order valence-electron chi connectivity index (χ0n) is 8.55. The standard InChI is InChI=1S/C12H11NO2S/c13-12(9-3-4-16-6-9)8-1-2-10-11(5-8)15-7-14-10/h1-6,12H,7,13H2/t12-/m1/s1. The Morgan fingerprint density at radius 3 is 2.81 bits per heavy atom. The number of ether oxygens (including phenoxy) is 2. The lowest BCUT2D eigenvalue weighted by Crippen LogP contribution is -2.10. The molecule has 1 aliphatic heterocycles. The molecule has 0 radical (unpaired) electrons. The molecule has 16 heavy (non-hydrogen) atoms. The van der Waals surface area contributed by atoms with E-state index in [0.717, 1.165) is 22.6 Å². The van der Waals surface area contributed by atoms with Gasteiger partial charge < -0.3 is 15.2 Å². The SMILES string of the molecule is N[C@@H](c1ccsc1)c1ccc2c(c1)OCO2. The van der Waals surface area contributed by atoms with Crippen molar-refractivity contribution in [1.82, 2.24) is 0 Å². The second-order valence-corrected chi connectivity index (χ2v) is 4.43. The molecule has 1 aromatic carbocycles. The highest BCUT2D eigenvalue weighted by Crippen LogP contribution is 2.35. The number of hydrogen-bond acceptors (Lipinski definition) is 4. The molecule has 0 unspecified atom stereocenters. The fourth-order valence-electron chi connectivity index (χ4n) is 1.75. The van der Waals surface area contributed by atoms with Crippen LogP contribution >= 0.6 is 11.3 Å². The molecule has 0 spiro atoms. The van der Waals surface area contributed by atoms with Crippen LogP contribution < -0.4 is 15.2 Å². The van der Waals surface area contributed by atoms with E-state index in [-0.39, 0.29) is 6.04 Å². The van der Waals surface area contributed by atoms with Gasteiger partial charge in [0, 0.05) is 0 Å². The zero-order chi connectivity index (χ0) is 11.0. The van der Waals surface area contributed by atoms with Crippen molar-refractivity contribution < 1.29 is 9.47 Å². The summed E-state index contributed by atoms with van der Waals surface area (Å²) in [7, 11) is 0. The molecular weight excluding hydrogens is 222 g/mol. The van der Waals surface area contributed by atoms with E-state index < -0.39 is 0 Å². The maximum atomic E-state index is 6.17. The van der Waals surface area contributed by atoms with Crippen LogP contribution in [-0.2, 0) is 0 Å². The minimum absolute atomic E-state index is 0.0965. The van der Waals surface area contributed by atoms with E-state index in [2.05, 4.69) is 5.38 Å². The van der Waals surface area contributed by atoms with Gasteiger partial charge in [0.05, 0.1) is 6.04 Å². The topological polar surface area (TPSA) is 44.5 Å². The Labute approximate surface area is 97.4 Å². The van der Waals surface area contributed by atoms with Gasteiger partial charge in [0.1, 0.15) is 0 Å². The van der Waals surface area contributed by atoms with E-state index in [1.165, 1.54) is 0 Å². The molecule has 0 fully saturated rings. The number of hydrogen-bond donors (Lipinski definition) is 1. The van der Waals surface area contributed by atoms with Crippen LogP contribution in [-0.4, -0.2) is 6.79 Å². The lowest BCUT2D eigenvalue weighted by atomic mass is 10.0. The van der Waals surface area contributed by atoms with E-state index in [1.807, 2.05) is 29.6 Å². The van der Waals surface area contributed by atoms with Gasteiger partial charge in [-0.05, 0) is 40.1 Å². The van der Waals surface area contributed by atoms with Gasteiger partial charge in [-0.3, -0.25) is 0 Å². The first-order valence-corrected chi connectivity index (χ1v) is 5.96. The van der Waals surface area contributed by atoms with Crippen molar-refractivity contribution in [3.63, 3.8) is 0 Å². The van der Waals surface area contributed by atoms with Gasteiger partial charge >= 0.3 is 0 Å². The highest BCUT2D eigenvalue weighted by atomic mass is 32.1. The quantitative estimate of drug-likeness (QED) is 0.866. The number of benzene rings is 1. The first kappa shape index (κ1) is 9.69. The van der Waals surface area contributed by atoms with Crippen LogP contribution in [0.3, 0.4) is 0 Å². The molecule has 1 aromatic heterocycles. The second-order valence-electron chi connectivity index (χ2n) is 3.65. The molecule has 0 aliphatic carbocycles. The maximum Gasteiger partial charge on any atom is 0.231 e. The number of nitrogens with two attached hydrogens (primary N) is 1. The summed E-state index contributed by atoms with van der Waals surface area (Å²) in [6, 6.07) is 7.78. The van der Waals surface area contributed by atoms with E-state index >= 15 is 0 Å². The predicted molar refractivity (Wildman–Crippen MR) is 62.9 cm³/mol. The smallest absolute Gasteiger partial charge is 0.231 e. The summed E-state index contributed by atoms with van der Waals surface area (Å²) in [6.07, 6.45) is 0. The summed E-state index contributed by atoms with van der Waals surface area (Å²) >= 11 is 1.65. The number of rotatable bonds is 2. The van der Waals surface area contributed by atoms with Crippen LogP contribution in [0.15, 0.2) is 35.0 Å². The van der Waals surface area contributed by atoms with Gasteiger partial charge in [-0.1, -0.05) is 6.07 Å². The molecule has 0 saturated heterocycles. The third-order valence-corrected chi connectivity index (χ3v) is 3.36. The fourth-order valence-corrected chi connectivity index (χ4v) is 2.45. The van der Waals surface area contributed by atoms with Crippen molar-refractivity contribution in [1.29, 1.82) is 0 Å². The van der Waals surface area contributed by atoms with Crippen molar-refractivity contribution in [3.8, 4) is 11.5 Å². The van der Waals surface area contributed by atoms with Gasteiger partial charge in [-0.25, -0.2) is 0 Å². The Bertz CT molecular complexity index is 496. The van der Waals surface area contributed by atoms with E-state index in [1.54, 1.807) is 11.3 Å². The number of thiophene rings is 1. The molecule has 2 aromatic rings. The summed E-state index contributed by atoms with van der Waals surface area (Å²) in [5.74, 6) is 1.57. The third-order valence-electron chi connectivity index (χ3n) is 2.66. The molecule has 0 saturated carbocycles. The molecule has 3 rings (SSSR count). The number of fused-ring (bicyclic) bond motifs is 1. The molecule has 1 aliphatic rings. The Morgan fingerprint density at radius 2 is 2.00 bits per heavy atom. The van der Waals surface area contributed by atoms with Crippen molar-refractivity contribution in [3.05, 3.63) is 46.2 Å². The highest BCUT2D eigenvalue weighted by Gasteiger charge is 2.16. The summed E-state index contributed by atoms with van der Waals surface area (Å²) < 4.78 is 10.6. The monoisotopic (exact) mass is 233 g/mol. The minimum Gasteiger partial charge on any atom is -0.454 e. The van der Waals surface area contributed by atoms with Gasteiger partial charge in [-0.2, -0.15) is 11.3 Å². The minimum atomic E-state index is -0.0965. The Balaban J connectivity index is 1.95. The second kappa shape index (κ2) is 3.81. The average molecular weight is 233 g/mol. The highest BCUT2D eigenvalue weighted by molar-refractivity contribution is 7.08. The Kier molecular flexibility index (Phi) is 2.31. The van der Waals surface area contributed by atoms with Gasteiger partial charge in [0.15, 0.2) is 11.5 Å². The lowest BCUT2D eigenvalue weighted by Gasteiger charge is -2.10. The molecule has 3 nitrogen and oxygen atoms in total. The molecule has 4 heteroatoms. The Morgan fingerprint density at radius 1 is 1.12 bits per heavy atom. The summed E-state index contributed by atoms with van der Waals surface area (Å²) in [4.78, 5) is 0. The maximum absolute atomic E-state index is 6.17. The summed E-state index contributed by atoms with van der Waals surface area (Å²) in [6.45, 7) is 0.298. The molecular formula is C12H11NO2S. The van der Waals surface area contributed by atoms with Crippen LogP contribution in [0, 0.1) is 0 Å². The normalized spacial score (nSPS) is 15.1. The fraction of sp³-hybridized carbons (Fsp3) is 0.167. The molecule has 0 amide bonds. The largest absolute Gasteiger partial charge is 0.454 e. The molecule has 1 atom stereocenters. The van der Waals surface area contributed by atoms with Crippen LogP contribution in [0.4, 0.5) is 0 Å². The van der Waals surface area contributed by atoms with Gasteiger partial charge in [-0.15, -0.1) is 0 Å². The summed E-state index contributed by atoms with van der Waals surface area (Å²) in [5, 5.41) is 4.09. The van der Waals surface area contributed by atoms with Crippen molar-refractivity contribution in [2.24, 2.45) is 5.73 Å². The molecule has 2 N–H and O–H groups in total. The first-order chi connectivity index (χ1) is 7.84. The molecule has 82 valence electrons. The van der Waals surface area contributed by atoms with Gasteiger partial charge in [0.25, 0.3) is 0 Å². The van der Waals surface area contributed by atoms with E-state index in [4.69, 9.17) is 15.2 Å². The van der Waals surface area contributed by atoms with Crippen LogP contribution in [0.25, 0.3) is 0 Å². The van der Waals surface area contributed by atoms with Crippen molar-refractivity contribution in [2.45, 2.75) is 6.04 Å². The zero-order valence-corrected chi connectivity index (χ0v) is 9.37.